The first-order chi connectivity index (χ1) is 11.8. The fourth-order valence-electron chi connectivity index (χ4n) is 3.18. The predicted molar refractivity (Wildman–Crippen MR) is 100 cm³/mol. The minimum absolute atomic E-state index is 0.0910. The fourth-order valence-corrected chi connectivity index (χ4v) is 3.18. The third-order valence-electron chi connectivity index (χ3n) is 5.59. The van der Waals surface area contributed by atoms with Gasteiger partial charge in [-0.05, 0) is 51.9 Å². The molecule has 1 aliphatic heterocycles. The van der Waals surface area contributed by atoms with E-state index in [1.165, 1.54) is 5.56 Å². The minimum atomic E-state index is -0.236. The van der Waals surface area contributed by atoms with Gasteiger partial charge in [0.2, 0.25) is 0 Å². The predicted octanol–water partition coefficient (Wildman–Crippen LogP) is 5.32. The molecular weight excluding hydrogens is 313 g/mol. The lowest BCUT2D eigenvalue weighted by atomic mass is 9.80. The zero-order valence-corrected chi connectivity index (χ0v) is 15.9. The molecule has 134 valence electrons. The van der Waals surface area contributed by atoms with Gasteiger partial charge in [-0.25, -0.2) is 0 Å². The molecule has 0 bridgehead atoms. The normalized spacial score (nSPS) is 20.0. The van der Waals surface area contributed by atoms with E-state index in [1.807, 2.05) is 6.07 Å². The summed E-state index contributed by atoms with van der Waals surface area (Å²) >= 11 is 0. The van der Waals surface area contributed by atoms with E-state index in [0.717, 1.165) is 30.4 Å². The van der Waals surface area contributed by atoms with Crippen molar-refractivity contribution in [2.75, 3.05) is 0 Å². The van der Waals surface area contributed by atoms with E-state index in [9.17, 15) is 0 Å². The second-order valence-corrected chi connectivity index (χ2v) is 8.02. The lowest BCUT2D eigenvalue weighted by Crippen LogP contribution is -2.41. The summed E-state index contributed by atoms with van der Waals surface area (Å²) in [4.78, 5) is 0. The first kappa shape index (κ1) is 18.2. The van der Waals surface area contributed by atoms with Crippen LogP contribution < -0.4 is 0 Å². The second kappa shape index (κ2) is 6.97. The van der Waals surface area contributed by atoms with Crippen LogP contribution in [0.5, 0.6) is 0 Å². The van der Waals surface area contributed by atoms with E-state index in [-0.39, 0.29) is 18.3 Å². The zero-order chi connectivity index (χ0) is 18.1. The van der Waals surface area contributed by atoms with E-state index in [1.54, 1.807) is 6.26 Å². The Balaban J connectivity index is 1.49. The van der Waals surface area contributed by atoms with Crippen molar-refractivity contribution >= 4 is 7.12 Å². The third kappa shape index (κ3) is 3.99. The number of hydrogen-bond donors (Lipinski definition) is 0. The third-order valence-corrected chi connectivity index (χ3v) is 5.59. The number of nitrogens with zero attached hydrogens (tertiary/aromatic N) is 1. The maximum absolute atomic E-state index is 6.07. The highest BCUT2D eigenvalue weighted by atomic mass is 16.7. The SMILES string of the molecule is CC(CCCB1OC(C)(C)C(C)(C)O1)c1ccc(-c2ccon2)cc1. The van der Waals surface area contributed by atoms with Crippen LogP contribution in [0.2, 0.25) is 6.32 Å². The van der Waals surface area contributed by atoms with Gasteiger partial charge in [-0.2, -0.15) is 0 Å². The summed E-state index contributed by atoms with van der Waals surface area (Å²) < 4.78 is 17.0. The van der Waals surface area contributed by atoms with Gasteiger partial charge in [-0.1, -0.05) is 42.8 Å². The molecule has 1 aromatic carbocycles. The highest BCUT2D eigenvalue weighted by molar-refractivity contribution is 6.45. The Kier molecular flexibility index (Phi) is 5.07. The summed E-state index contributed by atoms with van der Waals surface area (Å²) in [5, 5.41) is 3.98. The van der Waals surface area contributed by atoms with Crippen LogP contribution in [0.4, 0.5) is 0 Å². The van der Waals surface area contributed by atoms with Gasteiger partial charge < -0.3 is 13.8 Å². The largest absolute Gasteiger partial charge is 0.457 e. The molecule has 0 amide bonds. The molecule has 1 unspecified atom stereocenters. The quantitative estimate of drug-likeness (QED) is 0.667. The number of aromatic nitrogens is 1. The Morgan fingerprint density at radius 3 is 2.20 bits per heavy atom. The second-order valence-electron chi connectivity index (χ2n) is 8.02. The highest BCUT2D eigenvalue weighted by Crippen LogP contribution is 2.38. The van der Waals surface area contributed by atoms with Gasteiger partial charge in [0, 0.05) is 11.6 Å². The van der Waals surface area contributed by atoms with Gasteiger partial charge in [-0.3, -0.25) is 0 Å². The fraction of sp³-hybridized carbons (Fsp3) is 0.550. The Labute approximate surface area is 151 Å². The summed E-state index contributed by atoms with van der Waals surface area (Å²) in [6.07, 6.45) is 4.74. The van der Waals surface area contributed by atoms with Gasteiger partial charge in [0.15, 0.2) is 0 Å². The maximum atomic E-state index is 6.07. The average Bonchev–Trinajstić information content (AvgIpc) is 3.14. The van der Waals surface area contributed by atoms with Gasteiger partial charge in [0.05, 0.1) is 11.2 Å². The molecule has 3 rings (SSSR count). The smallest absolute Gasteiger partial charge is 0.403 e. The zero-order valence-electron chi connectivity index (χ0n) is 15.9. The van der Waals surface area contributed by atoms with Gasteiger partial charge in [0.1, 0.15) is 12.0 Å². The van der Waals surface area contributed by atoms with Crippen molar-refractivity contribution in [2.45, 2.75) is 70.9 Å². The Bertz CT molecular complexity index is 663. The average molecular weight is 341 g/mol. The van der Waals surface area contributed by atoms with E-state index < -0.39 is 0 Å². The lowest BCUT2D eigenvalue weighted by molar-refractivity contribution is 0.00578. The topological polar surface area (TPSA) is 44.5 Å². The molecule has 5 heteroatoms. The van der Waals surface area contributed by atoms with E-state index >= 15 is 0 Å². The molecule has 1 aromatic heterocycles. The van der Waals surface area contributed by atoms with Crippen molar-refractivity contribution in [1.29, 1.82) is 0 Å². The molecule has 0 saturated carbocycles. The Morgan fingerprint density at radius 2 is 1.64 bits per heavy atom. The molecule has 2 heterocycles. The van der Waals surface area contributed by atoms with Gasteiger partial charge >= 0.3 is 7.12 Å². The first-order valence-electron chi connectivity index (χ1n) is 9.15. The molecular formula is C20H28BNO3. The molecule has 1 aliphatic rings. The minimum Gasteiger partial charge on any atom is -0.403 e. The van der Waals surface area contributed by atoms with Crippen LogP contribution in [0.25, 0.3) is 11.3 Å². The maximum Gasteiger partial charge on any atom is 0.457 e. The summed E-state index contributed by atoms with van der Waals surface area (Å²) in [5.41, 5.74) is 2.84. The van der Waals surface area contributed by atoms with Crippen molar-refractivity contribution in [3.8, 4) is 11.3 Å². The molecule has 4 nitrogen and oxygen atoms in total. The summed E-state index contributed by atoms with van der Waals surface area (Å²) in [7, 11) is -0.0910. The first-order valence-corrected chi connectivity index (χ1v) is 9.15. The number of rotatable bonds is 6. The van der Waals surface area contributed by atoms with Crippen molar-refractivity contribution in [1.82, 2.24) is 5.16 Å². The summed E-state index contributed by atoms with van der Waals surface area (Å²) in [6, 6.07) is 10.5. The van der Waals surface area contributed by atoms with Gasteiger partial charge in [0.25, 0.3) is 0 Å². The van der Waals surface area contributed by atoms with Crippen molar-refractivity contribution in [2.24, 2.45) is 0 Å². The Hall–Kier alpha value is -1.59. The monoisotopic (exact) mass is 341 g/mol. The highest BCUT2D eigenvalue weighted by Gasteiger charge is 2.50. The number of hydrogen-bond acceptors (Lipinski definition) is 4. The van der Waals surface area contributed by atoms with Crippen LogP contribution in [-0.4, -0.2) is 23.5 Å². The van der Waals surface area contributed by atoms with Crippen LogP contribution in [-0.2, 0) is 9.31 Å². The molecule has 25 heavy (non-hydrogen) atoms. The van der Waals surface area contributed by atoms with Crippen LogP contribution in [0.3, 0.4) is 0 Å². The molecule has 2 aromatic rings. The van der Waals surface area contributed by atoms with E-state index in [0.29, 0.717) is 5.92 Å². The summed E-state index contributed by atoms with van der Waals surface area (Å²) in [6.45, 7) is 10.7. The van der Waals surface area contributed by atoms with Crippen molar-refractivity contribution in [3.63, 3.8) is 0 Å². The molecule has 0 N–H and O–H groups in total. The number of benzene rings is 1. The molecule has 1 atom stereocenters. The molecule has 1 fully saturated rings. The van der Waals surface area contributed by atoms with Crippen LogP contribution in [0.1, 0.15) is 58.9 Å². The lowest BCUT2D eigenvalue weighted by Gasteiger charge is -2.32. The van der Waals surface area contributed by atoms with Crippen molar-refractivity contribution in [3.05, 3.63) is 42.2 Å². The van der Waals surface area contributed by atoms with E-state index in [4.69, 9.17) is 13.8 Å². The summed E-state index contributed by atoms with van der Waals surface area (Å²) in [5.74, 6) is 0.508. The molecule has 0 radical (unpaired) electrons. The molecule has 0 aliphatic carbocycles. The van der Waals surface area contributed by atoms with Crippen LogP contribution in [0.15, 0.2) is 41.1 Å². The van der Waals surface area contributed by atoms with Crippen LogP contribution >= 0.6 is 0 Å². The molecule has 1 saturated heterocycles. The molecule has 0 spiro atoms. The van der Waals surface area contributed by atoms with Crippen molar-refractivity contribution < 1.29 is 13.8 Å². The van der Waals surface area contributed by atoms with Gasteiger partial charge in [-0.15, -0.1) is 0 Å². The standard InChI is InChI=1S/C20H28BNO3/c1-15(7-6-13-21-24-19(2,3)20(4,5)25-21)16-8-10-17(11-9-16)18-12-14-23-22-18/h8-12,14-15H,6-7,13H2,1-5H3. The van der Waals surface area contributed by atoms with Crippen LogP contribution in [0, 0.1) is 0 Å². The van der Waals surface area contributed by atoms with E-state index in [2.05, 4.69) is 64.0 Å². The Morgan fingerprint density at radius 1 is 1.00 bits per heavy atom.